The first-order valence-electron chi connectivity index (χ1n) is 5.62. The van der Waals surface area contributed by atoms with Crippen molar-refractivity contribution in [1.29, 1.82) is 0 Å². The summed E-state index contributed by atoms with van der Waals surface area (Å²) in [5.41, 5.74) is 5.45. The molecule has 1 rings (SSSR count). The molecule has 0 aliphatic heterocycles. The van der Waals surface area contributed by atoms with Crippen molar-refractivity contribution in [2.75, 3.05) is 18.1 Å². The van der Waals surface area contributed by atoms with Gasteiger partial charge >= 0.3 is 0 Å². The van der Waals surface area contributed by atoms with E-state index in [1.165, 1.54) is 0 Å². The van der Waals surface area contributed by atoms with E-state index in [2.05, 4.69) is 5.32 Å². The predicted octanol–water partition coefficient (Wildman–Crippen LogP) is -0.335. The van der Waals surface area contributed by atoms with E-state index in [1.54, 1.807) is 6.92 Å². The molecule has 1 fully saturated rings. The first-order chi connectivity index (χ1) is 7.39. The summed E-state index contributed by atoms with van der Waals surface area (Å²) in [4.78, 5) is 11.2. The Morgan fingerprint density at radius 1 is 1.50 bits per heavy atom. The average molecular weight is 248 g/mol. The van der Waals surface area contributed by atoms with Crippen LogP contribution in [0.4, 0.5) is 0 Å². The zero-order valence-corrected chi connectivity index (χ0v) is 10.4. The van der Waals surface area contributed by atoms with Crippen LogP contribution in [-0.2, 0) is 14.6 Å². The first kappa shape index (κ1) is 13.4. The third kappa shape index (κ3) is 6.07. The van der Waals surface area contributed by atoms with Gasteiger partial charge < -0.3 is 11.1 Å². The van der Waals surface area contributed by atoms with Crippen molar-refractivity contribution < 1.29 is 13.2 Å². The molecule has 1 amide bonds. The second-order valence-electron chi connectivity index (χ2n) is 4.59. The molecule has 0 aromatic heterocycles. The first-order valence-corrected chi connectivity index (χ1v) is 7.44. The fourth-order valence-corrected chi connectivity index (χ4v) is 3.07. The number of hydrogen-bond donors (Lipinski definition) is 2. The van der Waals surface area contributed by atoms with Gasteiger partial charge in [0.1, 0.15) is 0 Å². The van der Waals surface area contributed by atoms with Gasteiger partial charge in [0.15, 0.2) is 9.84 Å². The maximum absolute atomic E-state index is 11.5. The lowest BCUT2D eigenvalue weighted by atomic mass is 10.2. The van der Waals surface area contributed by atoms with Crippen LogP contribution in [-0.4, -0.2) is 38.4 Å². The lowest BCUT2D eigenvalue weighted by Crippen LogP contribution is -2.33. The molecule has 0 bridgehead atoms. The van der Waals surface area contributed by atoms with Crippen LogP contribution >= 0.6 is 0 Å². The minimum absolute atomic E-state index is 0.0359. The number of nitrogens with two attached hydrogens (primary N) is 1. The zero-order valence-electron chi connectivity index (χ0n) is 9.61. The molecular weight excluding hydrogens is 228 g/mol. The van der Waals surface area contributed by atoms with Crippen LogP contribution in [0.1, 0.15) is 26.2 Å². The molecule has 1 aliphatic rings. The van der Waals surface area contributed by atoms with Gasteiger partial charge in [-0.05, 0) is 25.7 Å². The van der Waals surface area contributed by atoms with E-state index >= 15 is 0 Å². The van der Waals surface area contributed by atoms with Gasteiger partial charge in [-0.1, -0.05) is 0 Å². The summed E-state index contributed by atoms with van der Waals surface area (Å²) < 4.78 is 23.0. The topological polar surface area (TPSA) is 89.3 Å². The summed E-state index contributed by atoms with van der Waals surface area (Å²) in [5, 5.41) is 2.57. The highest BCUT2D eigenvalue weighted by atomic mass is 32.2. The summed E-state index contributed by atoms with van der Waals surface area (Å²) in [5.74, 6) is 0.492. The average Bonchev–Trinajstić information content (AvgIpc) is 2.85. The standard InChI is InChI=1S/C10H20N2O3S/c1-8(11)6-10(13)12-4-5-16(14,15)7-9-2-3-9/h8-9H,2-7,11H2,1H3,(H,12,13). The highest BCUT2D eigenvalue weighted by molar-refractivity contribution is 7.91. The SMILES string of the molecule is CC(N)CC(=O)NCCS(=O)(=O)CC1CC1. The number of nitrogens with one attached hydrogen (secondary N) is 1. The van der Waals surface area contributed by atoms with Gasteiger partial charge in [0.2, 0.25) is 5.91 Å². The fraction of sp³-hybridized carbons (Fsp3) is 0.900. The molecule has 5 nitrogen and oxygen atoms in total. The van der Waals surface area contributed by atoms with Crippen LogP contribution in [0, 0.1) is 5.92 Å². The highest BCUT2D eigenvalue weighted by Crippen LogP contribution is 2.30. The van der Waals surface area contributed by atoms with Crippen molar-refractivity contribution in [1.82, 2.24) is 5.32 Å². The molecule has 1 aliphatic carbocycles. The van der Waals surface area contributed by atoms with Gasteiger partial charge in [-0.15, -0.1) is 0 Å². The van der Waals surface area contributed by atoms with Gasteiger partial charge in [-0.3, -0.25) is 4.79 Å². The summed E-state index contributed by atoms with van der Waals surface area (Å²) >= 11 is 0. The molecule has 3 N–H and O–H groups in total. The Labute approximate surface area is 96.7 Å². The number of carbonyl (C=O) groups is 1. The molecule has 0 heterocycles. The fourth-order valence-electron chi connectivity index (χ4n) is 1.44. The van der Waals surface area contributed by atoms with E-state index in [9.17, 15) is 13.2 Å². The van der Waals surface area contributed by atoms with Gasteiger partial charge in [0.25, 0.3) is 0 Å². The normalized spacial score (nSPS) is 18.1. The third-order valence-corrected chi connectivity index (χ3v) is 4.23. The van der Waals surface area contributed by atoms with E-state index in [4.69, 9.17) is 5.73 Å². The molecule has 0 aromatic carbocycles. The van der Waals surface area contributed by atoms with Crippen molar-refractivity contribution in [2.24, 2.45) is 11.7 Å². The Kier molecular flexibility index (Phi) is 4.73. The minimum atomic E-state index is -2.99. The molecule has 0 saturated heterocycles. The van der Waals surface area contributed by atoms with Crippen LogP contribution in [0.25, 0.3) is 0 Å². The predicted molar refractivity (Wildman–Crippen MR) is 62.7 cm³/mol. The second kappa shape index (κ2) is 5.63. The summed E-state index contributed by atoms with van der Waals surface area (Å²) in [6.45, 7) is 1.93. The van der Waals surface area contributed by atoms with E-state index in [1.807, 2.05) is 0 Å². The largest absolute Gasteiger partial charge is 0.355 e. The molecule has 0 spiro atoms. The summed E-state index contributed by atoms with van der Waals surface area (Å²) in [7, 11) is -2.99. The van der Waals surface area contributed by atoms with E-state index in [0.717, 1.165) is 12.8 Å². The maximum Gasteiger partial charge on any atom is 0.221 e. The van der Waals surface area contributed by atoms with Crippen molar-refractivity contribution in [3.63, 3.8) is 0 Å². The van der Waals surface area contributed by atoms with Gasteiger partial charge in [-0.25, -0.2) is 8.42 Å². The highest BCUT2D eigenvalue weighted by Gasteiger charge is 2.27. The Balaban J connectivity index is 2.16. The number of carbonyl (C=O) groups excluding carboxylic acids is 1. The van der Waals surface area contributed by atoms with Crippen LogP contribution in [0.3, 0.4) is 0 Å². The van der Waals surface area contributed by atoms with Crippen molar-refractivity contribution in [3.05, 3.63) is 0 Å². The molecular formula is C10H20N2O3S. The minimum Gasteiger partial charge on any atom is -0.355 e. The lowest BCUT2D eigenvalue weighted by molar-refractivity contribution is -0.121. The quantitative estimate of drug-likeness (QED) is 0.645. The second-order valence-corrected chi connectivity index (χ2v) is 6.82. The van der Waals surface area contributed by atoms with E-state index < -0.39 is 9.84 Å². The lowest BCUT2D eigenvalue weighted by Gasteiger charge is -2.07. The number of amides is 1. The Morgan fingerprint density at radius 3 is 2.62 bits per heavy atom. The third-order valence-electron chi connectivity index (χ3n) is 2.43. The summed E-state index contributed by atoms with van der Waals surface area (Å²) in [6.07, 6.45) is 2.29. The van der Waals surface area contributed by atoms with Crippen molar-refractivity contribution >= 4 is 15.7 Å². The number of hydrogen-bond acceptors (Lipinski definition) is 4. The maximum atomic E-state index is 11.5. The van der Waals surface area contributed by atoms with Crippen LogP contribution in [0.15, 0.2) is 0 Å². The zero-order chi connectivity index (χ0) is 12.2. The van der Waals surface area contributed by atoms with Crippen LogP contribution in [0.2, 0.25) is 0 Å². The molecule has 0 aromatic rings. The molecule has 6 heteroatoms. The van der Waals surface area contributed by atoms with Gasteiger partial charge in [0, 0.05) is 19.0 Å². The summed E-state index contributed by atoms with van der Waals surface area (Å²) in [6, 6.07) is -0.192. The Bertz CT molecular complexity index is 334. The molecule has 94 valence electrons. The van der Waals surface area contributed by atoms with Crippen molar-refractivity contribution in [3.8, 4) is 0 Å². The van der Waals surface area contributed by atoms with Gasteiger partial charge in [0.05, 0.1) is 11.5 Å². The smallest absolute Gasteiger partial charge is 0.221 e. The molecule has 16 heavy (non-hydrogen) atoms. The number of sulfone groups is 1. The molecule has 0 radical (unpaired) electrons. The Hall–Kier alpha value is -0.620. The molecule has 1 atom stereocenters. The van der Waals surface area contributed by atoms with Crippen LogP contribution in [0.5, 0.6) is 0 Å². The molecule has 1 saturated carbocycles. The monoisotopic (exact) mass is 248 g/mol. The molecule has 1 unspecified atom stereocenters. The number of rotatable bonds is 7. The van der Waals surface area contributed by atoms with Gasteiger partial charge in [-0.2, -0.15) is 0 Å². The van der Waals surface area contributed by atoms with E-state index in [-0.39, 0.29) is 36.4 Å². The van der Waals surface area contributed by atoms with Crippen molar-refractivity contribution in [2.45, 2.75) is 32.2 Å². The van der Waals surface area contributed by atoms with E-state index in [0.29, 0.717) is 5.92 Å². The van der Waals surface area contributed by atoms with Crippen LogP contribution < -0.4 is 11.1 Å². The Morgan fingerprint density at radius 2 is 2.12 bits per heavy atom.